The van der Waals surface area contributed by atoms with Crippen molar-refractivity contribution in [3.63, 3.8) is 0 Å². The lowest BCUT2D eigenvalue weighted by Gasteiger charge is -2.34. The van der Waals surface area contributed by atoms with Crippen molar-refractivity contribution in [3.8, 4) is 23.0 Å². The Hall–Kier alpha value is -4.56. The molecule has 5 aromatic rings. The molecule has 0 N–H and O–H groups in total. The van der Waals surface area contributed by atoms with Crippen LogP contribution in [0.5, 0.6) is 0 Å². The third kappa shape index (κ3) is 5.14. The van der Waals surface area contributed by atoms with Gasteiger partial charge in [-0.15, -0.1) is 0 Å². The molecular weight excluding hydrogens is 548 g/mol. The van der Waals surface area contributed by atoms with Gasteiger partial charge in [-0.25, -0.2) is 18.1 Å². The fourth-order valence-electron chi connectivity index (χ4n) is 5.40. The van der Waals surface area contributed by atoms with Crippen molar-refractivity contribution in [2.45, 2.75) is 31.0 Å². The summed E-state index contributed by atoms with van der Waals surface area (Å²) in [7, 11) is -1.89. The SMILES string of the molecule is CC1CN(S(=O)(=O)c2cccc(-c3nn(-c4ccccc4)cc3/C=C(/C#N)c3nc4ccccc4n3C)c2)CC(C)O1. The molecule has 0 aliphatic carbocycles. The smallest absolute Gasteiger partial charge is 0.243 e. The van der Waals surface area contributed by atoms with Crippen LogP contribution in [0.1, 0.15) is 25.2 Å². The van der Waals surface area contributed by atoms with Crippen LogP contribution >= 0.6 is 0 Å². The fraction of sp³-hybridized carbons (Fsp3) is 0.219. The summed E-state index contributed by atoms with van der Waals surface area (Å²) in [5.41, 5.74) is 4.73. The highest BCUT2D eigenvalue weighted by Crippen LogP contribution is 2.31. The molecule has 0 amide bonds. The summed E-state index contributed by atoms with van der Waals surface area (Å²) in [6.07, 6.45) is 3.21. The fourth-order valence-corrected chi connectivity index (χ4v) is 7.04. The number of aromatic nitrogens is 4. The van der Waals surface area contributed by atoms with Crippen LogP contribution in [-0.2, 0) is 21.8 Å². The van der Waals surface area contributed by atoms with Crippen molar-refractivity contribution in [1.82, 2.24) is 23.6 Å². The highest BCUT2D eigenvalue weighted by atomic mass is 32.2. The van der Waals surface area contributed by atoms with Gasteiger partial charge in [-0.1, -0.05) is 42.5 Å². The van der Waals surface area contributed by atoms with Gasteiger partial charge in [0.2, 0.25) is 10.0 Å². The maximum absolute atomic E-state index is 13.7. The van der Waals surface area contributed by atoms with Gasteiger partial charge in [-0.2, -0.15) is 14.7 Å². The van der Waals surface area contributed by atoms with Crippen LogP contribution in [0.15, 0.2) is 90.0 Å². The number of sulfonamides is 1. The second kappa shape index (κ2) is 11.0. The van der Waals surface area contributed by atoms with E-state index in [2.05, 4.69) is 6.07 Å². The van der Waals surface area contributed by atoms with Gasteiger partial charge in [0.05, 0.1) is 39.4 Å². The summed E-state index contributed by atoms with van der Waals surface area (Å²) in [5.74, 6) is 0.531. The standard InChI is InChI=1S/C32H30N6O3S/c1-22-19-37(20-23(2)41-22)42(39,40)28-13-9-10-24(17-28)31-26(21-38(35-31)27-11-5-4-6-12-27)16-25(18-33)32-34-29-14-7-8-15-30(29)36(32)3/h4-17,21-23H,19-20H2,1-3H3/b25-16-. The average Bonchev–Trinajstić information content (AvgIpc) is 3.57. The molecule has 212 valence electrons. The zero-order chi connectivity index (χ0) is 29.4. The van der Waals surface area contributed by atoms with Gasteiger partial charge < -0.3 is 9.30 Å². The van der Waals surface area contributed by atoms with Crippen molar-refractivity contribution < 1.29 is 13.2 Å². The number of hydrogen-bond donors (Lipinski definition) is 0. The maximum atomic E-state index is 13.7. The second-order valence-corrected chi connectivity index (χ2v) is 12.4. The minimum atomic E-state index is -3.77. The zero-order valence-electron chi connectivity index (χ0n) is 23.5. The molecule has 2 atom stereocenters. The molecule has 3 aromatic carbocycles. The number of hydrogen-bond acceptors (Lipinski definition) is 6. The molecule has 1 aliphatic rings. The highest BCUT2D eigenvalue weighted by Gasteiger charge is 2.32. The van der Waals surface area contributed by atoms with Gasteiger partial charge in [-0.05, 0) is 56.3 Å². The number of rotatable bonds is 6. The van der Waals surface area contributed by atoms with E-state index in [0.717, 1.165) is 16.7 Å². The van der Waals surface area contributed by atoms with Crippen molar-refractivity contribution in [1.29, 1.82) is 5.26 Å². The summed E-state index contributed by atoms with van der Waals surface area (Å²) in [6, 6.07) is 26.5. The van der Waals surface area contributed by atoms with Crippen LogP contribution < -0.4 is 0 Å². The lowest BCUT2D eigenvalue weighted by Crippen LogP contribution is -2.48. The van der Waals surface area contributed by atoms with Crippen LogP contribution in [0.25, 0.3) is 39.6 Å². The Bertz CT molecular complexity index is 1940. The van der Waals surface area contributed by atoms with Gasteiger partial charge in [0.15, 0.2) is 5.82 Å². The molecule has 6 rings (SSSR count). The number of allylic oxidation sites excluding steroid dienone is 1. The molecule has 1 fully saturated rings. The number of imidazole rings is 1. The Kier molecular flexibility index (Phi) is 7.24. The van der Waals surface area contributed by atoms with E-state index < -0.39 is 10.0 Å². The minimum absolute atomic E-state index is 0.182. The number of nitrogens with zero attached hydrogens (tertiary/aromatic N) is 6. The lowest BCUT2D eigenvalue weighted by molar-refractivity contribution is -0.0440. The number of nitriles is 1. The molecule has 2 aromatic heterocycles. The van der Waals surface area contributed by atoms with Gasteiger partial charge in [0.25, 0.3) is 0 Å². The summed E-state index contributed by atoms with van der Waals surface area (Å²) >= 11 is 0. The summed E-state index contributed by atoms with van der Waals surface area (Å²) in [6.45, 7) is 4.33. The maximum Gasteiger partial charge on any atom is 0.243 e. The van der Waals surface area contributed by atoms with Crippen LogP contribution in [0.2, 0.25) is 0 Å². The van der Waals surface area contributed by atoms with Crippen LogP contribution in [0.4, 0.5) is 0 Å². The largest absolute Gasteiger partial charge is 0.373 e. The molecule has 9 nitrogen and oxygen atoms in total. The first-order valence-corrected chi connectivity index (χ1v) is 15.1. The average molecular weight is 579 g/mol. The van der Waals surface area contributed by atoms with Crippen LogP contribution in [0.3, 0.4) is 0 Å². The molecule has 1 aliphatic heterocycles. The van der Waals surface area contributed by atoms with E-state index in [4.69, 9.17) is 14.8 Å². The molecule has 1 saturated heterocycles. The van der Waals surface area contributed by atoms with Crippen molar-refractivity contribution in [2.75, 3.05) is 13.1 Å². The number of fused-ring (bicyclic) bond motifs is 1. The Balaban J connectivity index is 1.47. The second-order valence-electron chi connectivity index (χ2n) is 10.5. The van der Waals surface area contributed by atoms with E-state index in [1.165, 1.54) is 4.31 Å². The van der Waals surface area contributed by atoms with E-state index in [1.54, 1.807) is 29.0 Å². The predicted molar refractivity (Wildman–Crippen MR) is 162 cm³/mol. The minimum Gasteiger partial charge on any atom is -0.373 e. The summed E-state index contributed by atoms with van der Waals surface area (Å²) in [5, 5.41) is 15.1. The quantitative estimate of drug-likeness (QED) is 0.254. The third-order valence-corrected chi connectivity index (χ3v) is 9.17. The Labute approximate surface area is 245 Å². The molecule has 0 radical (unpaired) electrons. The van der Waals surface area contributed by atoms with E-state index in [9.17, 15) is 13.7 Å². The van der Waals surface area contributed by atoms with Crippen LogP contribution in [0, 0.1) is 11.3 Å². The number of morpholine rings is 1. The zero-order valence-corrected chi connectivity index (χ0v) is 24.4. The molecule has 42 heavy (non-hydrogen) atoms. The number of ether oxygens (including phenoxy) is 1. The number of aryl methyl sites for hydroxylation is 1. The normalized spacial score (nSPS) is 18.3. The highest BCUT2D eigenvalue weighted by molar-refractivity contribution is 7.89. The topological polar surface area (TPSA) is 106 Å². The number of para-hydroxylation sites is 3. The van der Waals surface area contributed by atoms with E-state index in [1.807, 2.05) is 92.3 Å². The molecular formula is C32H30N6O3S. The molecule has 0 spiro atoms. The first-order chi connectivity index (χ1) is 20.2. The monoisotopic (exact) mass is 578 g/mol. The molecule has 0 saturated carbocycles. The van der Waals surface area contributed by atoms with Gasteiger partial charge >= 0.3 is 0 Å². The van der Waals surface area contributed by atoms with Gasteiger partial charge in [-0.3, -0.25) is 0 Å². The molecule has 3 heterocycles. The molecule has 0 bridgehead atoms. The first-order valence-electron chi connectivity index (χ1n) is 13.7. The van der Waals surface area contributed by atoms with Crippen molar-refractivity contribution >= 4 is 32.7 Å². The number of benzene rings is 3. The van der Waals surface area contributed by atoms with E-state index >= 15 is 0 Å². The molecule has 10 heteroatoms. The Morgan fingerprint density at radius 3 is 2.43 bits per heavy atom. The lowest BCUT2D eigenvalue weighted by atomic mass is 10.1. The Morgan fingerprint density at radius 1 is 1.00 bits per heavy atom. The van der Waals surface area contributed by atoms with Crippen LogP contribution in [-0.4, -0.2) is 57.4 Å². The predicted octanol–water partition coefficient (Wildman–Crippen LogP) is 5.29. The van der Waals surface area contributed by atoms with Gasteiger partial charge in [0, 0.05) is 37.5 Å². The first kappa shape index (κ1) is 27.6. The van der Waals surface area contributed by atoms with Gasteiger partial charge in [0.1, 0.15) is 11.8 Å². The molecule has 2 unspecified atom stereocenters. The van der Waals surface area contributed by atoms with E-state index in [0.29, 0.717) is 28.2 Å². The summed E-state index contributed by atoms with van der Waals surface area (Å²) in [4.78, 5) is 4.89. The van der Waals surface area contributed by atoms with Crippen molar-refractivity contribution in [3.05, 3.63) is 96.4 Å². The third-order valence-electron chi connectivity index (χ3n) is 7.34. The van der Waals surface area contributed by atoms with Crippen molar-refractivity contribution in [2.24, 2.45) is 7.05 Å². The van der Waals surface area contributed by atoms with E-state index in [-0.39, 0.29) is 30.2 Å². The summed E-state index contributed by atoms with van der Waals surface area (Å²) < 4.78 is 38.2. The Morgan fingerprint density at radius 2 is 1.71 bits per heavy atom.